The Morgan fingerprint density at radius 1 is 1.30 bits per heavy atom. The van der Waals surface area contributed by atoms with Gasteiger partial charge in [-0.15, -0.1) is 0 Å². The first-order chi connectivity index (χ1) is 9.24. The summed E-state index contributed by atoms with van der Waals surface area (Å²) in [6.07, 6.45) is 2.77. The highest BCUT2D eigenvalue weighted by Crippen LogP contribution is 2.36. The minimum absolute atomic E-state index is 0.290. The lowest BCUT2D eigenvalue weighted by molar-refractivity contribution is -0.145. The van der Waals surface area contributed by atoms with Gasteiger partial charge in [0.05, 0.1) is 16.9 Å². The van der Waals surface area contributed by atoms with Crippen LogP contribution in [-0.4, -0.2) is 52.2 Å². The average Bonchev–Trinajstić information content (AvgIpc) is 2.72. The second-order valence-electron chi connectivity index (χ2n) is 6.72. The quantitative estimate of drug-likeness (QED) is 0.683. The second kappa shape index (κ2) is 5.33. The number of carboxylic acids is 1. The number of β-amino-alcohol motifs (C(OH)–C–C–N with tert-alkyl or cyclic N) is 1. The van der Waals surface area contributed by atoms with Gasteiger partial charge in [-0.2, -0.15) is 0 Å². The second-order valence-corrected chi connectivity index (χ2v) is 6.72. The van der Waals surface area contributed by atoms with Crippen molar-refractivity contribution in [1.29, 1.82) is 0 Å². The molecule has 1 heterocycles. The van der Waals surface area contributed by atoms with E-state index in [2.05, 4.69) is 4.90 Å². The van der Waals surface area contributed by atoms with Crippen molar-refractivity contribution in [3.05, 3.63) is 0 Å². The van der Waals surface area contributed by atoms with Crippen molar-refractivity contribution < 1.29 is 19.8 Å². The Balaban J connectivity index is 1.88. The number of nitrogens with zero attached hydrogens (tertiary/aromatic N) is 1. The van der Waals surface area contributed by atoms with Crippen molar-refractivity contribution in [3.8, 4) is 0 Å². The van der Waals surface area contributed by atoms with Crippen molar-refractivity contribution in [2.75, 3.05) is 19.6 Å². The third-order valence-electron chi connectivity index (χ3n) is 4.93. The van der Waals surface area contributed by atoms with Gasteiger partial charge < -0.3 is 15.9 Å². The van der Waals surface area contributed by atoms with Crippen LogP contribution in [0.5, 0.6) is 0 Å². The number of hydrogen-bond acceptors (Lipinski definition) is 4. The predicted octanol–water partition coefficient (Wildman–Crippen LogP) is 0.190. The summed E-state index contributed by atoms with van der Waals surface area (Å²) in [4.78, 5) is 24.4. The number of carboxylic acid groups (broad SMARTS) is 1. The molecule has 20 heavy (non-hydrogen) atoms. The number of rotatable bonds is 4. The third kappa shape index (κ3) is 3.12. The Bertz CT molecular complexity index is 404. The van der Waals surface area contributed by atoms with Crippen LogP contribution in [0.4, 0.5) is 0 Å². The van der Waals surface area contributed by atoms with Gasteiger partial charge in [0.1, 0.15) is 0 Å². The zero-order valence-corrected chi connectivity index (χ0v) is 12.0. The van der Waals surface area contributed by atoms with Gasteiger partial charge in [0, 0.05) is 13.1 Å². The minimum Gasteiger partial charge on any atom is -0.481 e. The summed E-state index contributed by atoms with van der Waals surface area (Å²) in [7, 11) is 0. The van der Waals surface area contributed by atoms with E-state index in [1.807, 2.05) is 6.92 Å². The van der Waals surface area contributed by atoms with Crippen molar-refractivity contribution in [2.45, 2.75) is 44.6 Å². The van der Waals surface area contributed by atoms with E-state index < -0.39 is 17.0 Å². The largest absolute Gasteiger partial charge is 0.481 e. The number of amides is 1. The highest BCUT2D eigenvalue weighted by Gasteiger charge is 2.43. The smallest absolute Gasteiger partial charge is 0.306 e. The molecule has 114 valence electrons. The number of aliphatic hydroxyl groups is 1. The molecule has 1 aliphatic carbocycles. The van der Waals surface area contributed by atoms with E-state index in [0.29, 0.717) is 38.8 Å². The van der Waals surface area contributed by atoms with E-state index in [-0.39, 0.29) is 11.8 Å². The first-order valence-electron chi connectivity index (χ1n) is 7.22. The molecule has 6 nitrogen and oxygen atoms in total. The van der Waals surface area contributed by atoms with Gasteiger partial charge in [0.15, 0.2) is 0 Å². The fraction of sp³-hybridized carbons (Fsp3) is 0.857. The molecular formula is C14H24N2O4. The molecule has 1 atom stereocenters. The van der Waals surface area contributed by atoms with Crippen LogP contribution in [0.2, 0.25) is 0 Å². The highest BCUT2D eigenvalue weighted by molar-refractivity contribution is 5.81. The lowest BCUT2D eigenvalue weighted by Gasteiger charge is -2.37. The molecular weight excluding hydrogens is 260 g/mol. The molecule has 0 spiro atoms. The molecule has 2 rings (SSSR count). The average molecular weight is 284 g/mol. The van der Waals surface area contributed by atoms with Gasteiger partial charge in [-0.25, -0.2) is 0 Å². The Hall–Kier alpha value is -1.14. The molecule has 1 saturated heterocycles. The van der Waals surface area contributed by atoms with Crippen LogP contribution in [0.15, 0.2) is 0 Å². The van der Waals surface area contributed by atoms with E-state index in [0.717, 1.165) is 13.0 Å². The van der Waals surface area contributed by atoms with Crippen LogP contribution in [0.25, 0.3) is 0 Å². The molecule has 2 aliphatic rings. The van der Waals surface area contributed by atoms with Crippen LogP contribution < -0.4 is 5.73 Å². The Labute approximate surface area is 118 Å². The van der Waals surface area contributed by atoms with Crippen LogP contribution in [0.1, 0.15) is 39.0 Å². The molecule has 6 heteroatoms. The molecule has 4 N–H and O–H groups in total. The number of primary amides is 1. The van der Waals surface area contributed by atoms with Crippen molar-refractivity contribution in [2.24, 2.45) is 17.1 Å². The molecule has 1 unspecified atom stereocenters. The Kier molecular flexibility index (Phi) is 4.07. The maximum Gasteiger partial charge on any atom is 0.306 e. The minimum atomic E-state index is -0.825. The molecule has 0 aromatic carbocycles. The Morgan fingerprint density at radius 2 is 1.90 bits per heavy atom. The van der Waals surface area contributed by atoms with E-state index >= 15 is 0 Å². The van der Waals surface area contributed by atoms with E-state index in [4.69, 9.17) is 10.8 Å². The summed E-state index contributed by atoms with van der Waals surface area (Å²) in [6, 6.07) is 0. The van der Waals surface area contributed by atoms with Gasteiger partial charge >= 0.3 is 5.97 Å². The standard InChI is InChI=1S/C14H24N2O4/c1-13(12(15)19)6-7-16(8-13)9-14(20)4-2-10(3-5-14)11(17)18/h10,20H,2-9H2,1H3,(H2,15,19)(H,17,18). The summed E-state index contributed by atoms with van der Waals surface area (Å²) in [5, 5.41) is 19.6. The van der Waals surface area contributed by atoms with E-state index in [1.54, 1.807) is 0 Å². The summed E-state index contributed by atoms with van der Waals surface area (Å²) >= 11 is 0. The third-order valence-corrected chi connectivity index (χ3v) is 4.93. The maximum absolute atomic E-state index is 11.4. The molecule has 1 saturated carbocycles. The first-order valence-corrected chi connectivity index (χ1v) is 7.22. The SMILES string of the molecule is CC1(C(N)=O)CCN(CC2(O)CCC(C(=O)O)CC2)C1. The van der Waals surface area contributed by atoms with Gasteiger partial charge in [-0.1, -0.05) is 0 Å². The van der Waals surface area contributed by atoms with Crippen LogP contribution in [-0.2, 0) is 9.59 Å². The van der Waals surface area contributed by atoms with Crippen molar-refractivity contribution in [3.63, 3.8) is 0 Å². The zero-order valence-electron chi connectivity index (χ0n) is 12.0. The lowest BCUT2D eigenvalue weighted by atomic mass is 9.78. The fourth-order valence-electron chi connectivity index (χ4n) is 3.37. The van der Waals surface area contributed by atoms with Gasteiger partial charge in [0.25, 0.3) is 0 Å². The predicted molar refractivity (Wildman–Crippen MR) is 72.9 cm³/mol. The maximum atomic E-state index is 11.4. The summed E-state index contributed by atoms with van der Waals surface area (Å²) in [6.45, 7) is 3.69. The van der Waals surface area contributed by atoms with Crippen molar-refractivity contribution in [1.82, 2.24) is 4.90 Å². The molecule has 0 aromatic rings. The first kappa shape index (κ1) is 15.3. The molecule has 0 radical (unpaired) electrons. The molecule has 0 aromatic heterocycles. The summed E-state index contributed by atoms with van der Waals surface area (Å²) in [5.41, 5.74) is 4.09. The number of carbonyl (C=O) groups excluding carboxylic acids is 1. The summed E-state index contributed by atoms with van der Waals surface area (Å²) < 4.78 is 0. The number of nitrogens with two attached hydrogens (primary N) is 1. The topological polar surface area (TPSA) is 104 Å². The highest BCUT2D eigenvalue weighted by atomic mass is 16.4. The van der Waals surface area contributed by atoms with E-state index in [1.165, 1.54) is 0 Å². The van der Waals surface area contributed by atoms with Crippen LogP contribution >= 0.6 is 0 Å². The number of aliphatic carboxylic acids is 1. The number of carbonyl (C=O) groups is 2. The molecule has 0 bridgehead atoms. The fourth-order valence-corrected chi connectivity index (χ4v) is 3.37. The zero-order chi connectivity index (χ0) is 15.0. The number of likely N-dealkylation sites (tertiary alicyclic amines) is 1. The van der Waals surface area contributed by atoms with Gasteiger partial charge in [-0.05, 0) is 45.6 Å². The molecule has 1 amide bonds. The Morgan fingerprint density at radius 3 is 2.35 bits per heavy atom. The van der Waals surface area contributed by atoms with Gasteiger partial charge in [0.2, 0.25) is 5.91 Å². The van der Waals surface area contributed by atoms with Crippen LogP contribution in [0, 0.1) is 11.3 Å². The van der Waals surface area contributed by atoms with Gasteiger partial charge in [-0.3, -0.25) is 14.5 Å². The van der Waals surface area contributed by atoms with E-state index in [9.17, 15) is 14.7 Å². The normalized spacial score (nSPS) is 38.8. The van der Waals surface area contributed by atoms with Crippen LogP contribution in [0.3, 0.4) is 0 Å². The summed E-state index contributed by atoms with van der Waals surface area (Å²) in [5.74, 6) is -1.39. The lowest BCUT2D eigenvalue weighted by Crippen LogP contribution is -2.46. The van der Waals surface area contributed by atoms with Crippen molar-refractivity contribution >= 4 is 11.9 Å². The molecule has 1 aliphatic heterocycles. The monoisotopic (exact) mass is 284 g/mol. The number of hydrogen-bond donors (Lipinski definition) is 3. The molecule has 2 fully saturated rings.